The molecule has 0 radical (unpaired) electrons. The number of hydrogen-bond acceptors (Lipinski definition) is 3. The molecule has 5 heteroatoms. The Hall–Kier alpha value is -0.460. The molecule has 0 spiro atoms. The minimum atomic E-state index is -0.0987. The lowest BCUT2D eigenvalue weighted by atomic mass is 10.1. The summed E-state index contributed by atoms with van der Waals surface area (Å²) in [5.74, 6) is -0.146. The lowest BCUT2D eigenvalue weighted by Crippen LogP contribution is -2.31. The van der Waals surface area contributed by atoms with Crippen LogP contribution in [0.25, 0.3) is 0 Å². The molecule has 1 fully saturated rings. The minimum Gasteiger partial charge on any atom is -0.288 e. The van der Waals surface area contributed by atoms with E-state index in [1.54, 1.807) is 22.6 Å². The Bertz CT molecular complexity index is 317. The van der Waals surface area contributed by atoms with Gasteiger partial charge >= 0.3 is 0 Å². The van der Waals surface area contributed by atoms with E-state index in [-0.39, 0.29) is 21.5 Å². The van der Waals surface area contributed by atoms with Crippen LogP contribution in [0.1, 0.15) is 45.4 Å². The number of carbonyl (C=O) groups is 3. The Morgan fingerprint density at radius 3 is 2.59 bits per heavy atom. The number of rotatable bonds is 7. The molecule has 1 atom stereocenters. The summed E-state index contributed by atoms with van der Waals surface area (Å²) in [5, 5.41) is 0. The molecular weight excluding hydrogens is 333 g/mol. The van der Waals surface area contributed by atoms with Crippen LogP contribution in [0.4, 0.5) is 0 Å². The Balaban J connectivity index is 2.25. The summed E-state index contributed by atoms with van der Waals surface area (Å²) in [5.41, 5.74) is 0. The van der Waals surface area contributed by atoms with Crippen LogP contribution in [0.5, 0.6) is 0 Å². The number of halogens is 1. The number of amides is 2. The maximum Gasteiger partial charge on any atom is 0.232 e. The van der Waals surface area contributed by atoms with Crippen molar-refractivity contribution in [3.8, 4) is 0 Å². The van der Waals surface area contributed by atoms with Crippen molar-refractivity contribution in [2.45, 2.75) is 45.4 Å². The lowest BCUT2D eigenvalue weighted by Gasteiger charge is -2.14. The number of carbonyl (C=O) groups excluding carboxylic acids is 3. The molecule has 1 heterocycles. The molecule has 0 saturated carbocycles. The van der Waals surface area contributed by atoms with Gasteiger partial charge in [0.05, 0.1) is 0 Å². The van der Waals surface area contributed by atoms with Crippen molar-refractivity contribution in [2.24, 2.45) is 5.92 Å². The van der Waals surface area contributed by atoms with E-state index in [2.05, 4.69) is 0 Å². The molecule has 0 aromatic rings. The highest BCUT2D eigenvalue weighted by atomic mass is 127. The zero-order chi connectivity index (χ0) is 12.8. The zero-order valence-electron chi connectivity index (χ0n) is 10.1. The molecule has 1 aliphatic heterocycles. The monoisotopic (exact) mass is 351 g/mol. The highest BCUT2D eigenvalue weighted by molar-refractivity contribution is 14.1. The van der Waals surface area contributed by atoms with Crippen LogP contribution in [-0.4, -0.2) is 27.0 Å². The normalized spacial score (nSPS) is 20.1. The van der Waals surface area contributed by atoms with Crippen molar-refractivity contribution in [1.82, 2.24) is 4.90 Å². The maximum atomic E-state index is 11.8. The first kappa shape index (κ1) is 14.6. The average Bonchev–Trinajstić information content (AvgIpc) is 2.54. The van der Waals surface area contributed by atoms with Crippen LogP contribution < -0.4 is 0 Å². The van der Waals surface area contributed by atoms with E-state index < -0.39 is 0 Å². The van der Waals surface area contributed by atoms with E-state index in [0.29, 0.717) is 19.4 Å². The third kappa shape index (κ3) is 4.37. The molecule has 0 aromatic heterocycles. The summed E-state index contributed by atoms with van der Waals surface area (Å²) >= 11 is 1.79. The summed E-state index contributed by atoms with van der Waals surface area (Å²) < 4.78 is 0.168. The van der Waals surface area contributed by atoms with E-state index >= 15 is 0 Å². The topological polar surface area (TPSA) is 54.5 Å². The van der Waals surface area contributed by atoms with Crippen LogP contribution >= 0.6 is 22.6 Å². The van der Waals surface area contributed by atoms with Crippen LogP contribution in [-0.2, 0) is 14.4 Å². The van der Waals surface area contributed by atoms with Crippen LogP contribution in [0.15, 0.2) is 0 Å². The quantitative estimate of drug-likeness (QED) is 0.306. The predicted molar refractivity (Wildman–Crippen MR) is 72.6 cm³/mol. The van der Waals surface area contributed by atoms with Crippen molar-refractivity contribution >= 4 is 38.2 Å². The highest BCUT2D eigenvalue weighted by Crippen LogP contribution is 2.22. The second-order valence-electron chi connectivity index (χ2n) is 4.36. The molecule has 1 unspecified atom stereocenters. The van der Waals surface area contributed by atoms with Crippen LogP contribution in [0.2, 0.25) is 0 Å². The Morgan fingerprint density at radius 2 is 2.06 bits per heavy atom. The minimum absolute atomic E-state index is 0.0116. The van der Waals surface area contributed by atoms with Gasteiger partial charge in [-0.2, -0.15) is 0 Å². The molecule has 0 bridgehead atoms. The molecule has 1 aliphatic rings. The van der Waals surface area contributed by atoms with Crippen molar-refractivity contribution < 1.29 is 14.4 Å². The molecular formula is C12H18INO3. The lowest BCUT2D eigenvalue weighted by molar-refractivity contribution is -0.139. The van der Waals surface area contributed by atoms with E-state index in [4.69, 9.17) is 0 Å². The third-order valence-corrected chi connectivity index (χ3v) is 3.62. The smallest absolute Gasteiger partial charge is 0.232 e. The first-order chi connectivity index (χ1) is 8.06. The Kier molecular flexibility index (Phi) is 6.08. The molecule has 0 N–H and O–H groups in total. The predicted octanol–water partition coefficient (Wildman–Crippen LogP) is 2.29. The average molecular weight is 351 g/mol. The van der Waals surface area contributed by atoms with Gasteiger partial charge in [-0.05, 0) is 41.9 Å². The van der Waals surface area contributed by atoms with Crippen LogP contribution in [0.3, 0.4) is 0 Å². The SMILES string of the molecule is CCC1CC(=O)N(CCCCCC(=O)I)C1=O. The van der Waals surface area contributed by atoms with Gasteiger partial charge in [-0.15, -0.1) is 0 Å². The summed E-state index contributed by atoms with van der Waals surface area (Å²) in [7, 11) is 0. The summed E-state index contributed by atoms with van der Waals surface area (Å²) in [4.78, 5) is 35.5. The highest BCUT2D eigenvalue weighted by Gasteiger charge is 2.36. The van der Waals surface area contributed by atoms with Gasteiger partial charge in [0.1, 0.15) is 0 Å². The van der Waals surface area contributed by atoms with Gasteiger partial charge in [0, 0.05) is 25.3 Å². The first-order valence-electron chi connectivity index (χ1n) is 6.08. The van der Waals surface area contributed by atoms with Crippen molar-refractivity contribution in [3.63, 3.8) is 0 Å². The number of likely N-dealkylation sites (tertiary alicyclic amines) is 1. The van der Waals surface area contributed by atoms with Crippen molar-refractivity contribution in [3.05, 3.63) is 0 Å². The first-order valence-corrected chi connectivity index (χ1v) is 7.16. The molecule has 17 heavy (non-hydrogen) atoms. The van der Waals surface area contributed by atoms with Gasteiger partial charge in [-0.25, -0.2) is 0 Å². The van der Waals surface area contributed by atoms with Gasteiger partial charge in [-0.3, -0.25) is 19.3 Å². The van der Waals surface area contributed by atoms with Gasteiger partial charge in [0.2, 0.25) is 11.8 Å². The standard InChI is InChI=1S/C12H18INO3/c1-2-9-8-11(16)14(12(9)17)7-5-3-4-6-10(13)15/h9H,2-8H2,1H3. The molecule has 4 nitrogen and oxygen atoms in total. The zero-order valence-corrected chi connectivity index (χ0v) is 12.2. The summed E-state index contributed by atoms with van der Waals surface area (Å²) in [6.07, 6.45) is 4.24. The number of nitrogens with zero attached hydrogens (tertiary/aromatic N) is 1. The van der Waals surface area contributed by atoms with Crippen molar-refractivity contribution in [2.75, 3.05) is 6.54 Å². The van der Waals surface area contributed by atoms with Gasteiger partial charge < -0.3 is 0 Å². The van der Waals surface area contributed by atoms with E-state index in [1.165, 1.54) is 4.90 Å². The third-order valence-electron chi connectivity index (χ3n) is 3.09. The van der Waals surface area contributed by atoms with E-state index in [9.17, 15) is 14.4 Å². The van der Waals surface area contributed by atoms with Gasteiger partial charge in [0.15, 0.2) is 3.79 Å². The number of imide groups is 1. The Morgan fingerprint density at radius 1 is 1.35 bits per heavy atom. The molecule has 0 aliphatic carbocycles. The fourth-order valence-corrected chi connectivity index (χ4v) is 2.40. The molecule has 1 saturated heterocycles. The fraction of sp³-hybridized carbons (Fsp3) is 0.750. The second kappa shape index (κ2) is 7.08. The van der Waals surface area contributed by atoms with E-state index in [0.717, 1.165) is 25.7 Å². The maximum absolute atomic E-state index is 11.8. The number of unbranched alkanes of at least 4 members (excludes halogenated alkanes) is 2. The molecule has 1 rings (SSSR count). The van der Waals surface area contributed by atoms with Crippen LogP contribution in [0, 0.1) is 5.92 Å². The summed E-state index contributed by atoms with van der Waals surface area (Å²) in [6, 6.07) is 0. The van der Waals surface area contributed by atoms with Crippen molar-refractivity contribution in [1.29, 1.82) is 0 Å². The Labute approximate surface area is 115 Å². The largest absolute Gasteiger partial charge is 0.288 e. The molecule has 96 valence electrons. The molecule has 0 aromatic carbocycles. The fourth-order valence-electron chi connectivity index (χ4n) is 2.02. The van der Waals surface area contributed by atoms with Gasteiger partial charge in [0.25, 0.3) is 0 Å². The molecule has 2 amide bonds. The second-order valence-corrected chi connectivity index (χ2v) is 5.56. The summed E-state index contributed by atoms with van der Waals surface area (Å²) in [6.45, 7) is 2.45. The van der Waals surface area contributed by atoms with E-state index in [1.807, 2.05) is 6.92 Å². The number of hydrogen-bond donors (Lipinski definition) is 0. The van der Waals surface area contributed by atoms with Gasteiger partial charge in [-0.1, -0.05) is 13.3 Å².